The molecule has 0 radical (unpaired) electrons. The van der Waals surface area contributed by atoms with Gasteiger partial charge < -0.3 is 91.7 Å². The van der Waals surface area contributed by atoms with E-state index >= 15 is 0 Å². The number of anilines is 2. The third-order valence-electron chi connectivity index (χ3n) is 15.4. The van der Waals surface area contributed by atoms with Crippen LogP contribution in [0.1, 0.15) is 73.1 Å². The number of hydrogen-bond acceptors (Lipinski definition) is 20. The van der Waals surface area contributed by atoms with Crippen molar-refractivity contribution in [2.75, 3.05) is 59.9 Å². The zero-order valence-electron chi connectivity index (χ0n) is 52.7. The molecule has 2 aliphatic rings. The van der Waals surface area contributed by atoms with Crippen molar-refractivity contribution >= 4 is 82.3 Å². The van der Waals surface area contributed by atoms with Crippen LogP contribution in [0.4, 0.5) is 11.4 Å². The third-order valence-corrected chi connectivity index (χ3v) is 17.5. The van der Waals surface area contributed by atoms with Crippen molar-refractivity contribution in [3.8, 4) is 22.3 Å². The van der Waals surface area contributed by atoms with Gasteiger partial charge in [0.15, 0.2) is 0 Å². The third kappa shape index (κ3) is 22.6. The van der Waals surface area contributed by atoms with Crippen molar-refractivity contribution in [2.45, 2.75) is 125 Å². The molecule has 0 saturated carbocycles. The summed E-state index contributed by atoms with van der Waals surface area (Å²) in [5.74, 6) is -9.85. The molecule has 26 nitrogen and oxygen atoms in total. The second-order valence-electron chi connectivity index (χ2n) is 22.5. The second-order valence-corrected chi connectivity index (χ2v) is 25.0. The smallest absolute Gasteiger partial charge is 0.477 e. The van der Waals surface area contributed by atoms with E-state index in [4.69, 9.17) is 18.9 Å². The van der Waals surface area contributed by atoms with Crippen molar-refractivity contribution in [1.82, 2.24) is 21.3 Å². The molecule has 5 aromatic rings. The summed E-state index contributed by atoms with van der Waals surface area (Å²) < 4.78 is 23.2. The molecule has 7 rings (SSSR count). The van der Waals surface area contributed by atoms with Crippen molar-refractivity contribution in [3.05, 3.63) is 145 Å². The van der Waals surface area contributed by atoms with E-state index < -0.39 is 134 Å². The molecule has 2 fully saturated rings. The Hall–Kier alpha value is -6.84. The predicted octanol–water partition coefficient (Wildman–Crippen LogP) is 0.136. The Kier molecular flexibility index (Phi) is 30.6. The second kappa shape index (κ2) is 37.6. The van der Waals surface area contributed by atoms with E-state index in [2.05, 4.69) is 31.9 Å². The fourth-order valence-corrected chi connectivity index (χ4v) is 12.2. The molecule has 29 heteroatoms. The number of carboxylic acid groups (broad SMARTS) is 2. The minimum absolute atomic E-state index is 0. The number of aliphatic hydroxyl groups is 6. The Morgan fingerprint density at radius 3 is 1.22 bits per heavy atom. The van der Waals surface area contributed by atoms with Gasteiger partial charge in [0.25, 0.3) is 23.4 Å². The number of rotatable bonds is 34. The van der Waals surface area contributed by atoms with Gasteiger partial charge in [-0.3, -0.25) is 28.8 Å². The number of carbonyl (C=O) groups excluding carboxylic acids is 6. The Morgan fingerprint density at radius 1 is 0.516 bits per heavy atom. The molecule has 0 aliphatic carbocycles. The summed E-state index contributed by atoms with van der Waals surface area (Å²) >= 11 is 2.74. The predicted molar refractivity (Wildman–Crippen MR) is 348 cm³/mol. The molecule has 5 aromatic carbocycles. The fourth-order valence-electron chi connectivity index (χ4n) is 10.5. The van der Waals surface area contributed by atoms with Crippen LogP contribution in [0.2, 0.25) is 0 Å². The summed E-state index contributed by atoms with van der Waals surface area (Å²) in [6, 6.07) is 36.1. The molecule has 6 amide bonds. The van der Waals surface area contributed by atoms with Crippen LogP contribution in [0.5, 0.6) is 0 Å². The number of thioether (sulfide) groups is 2. The van der Waals surface area contributed by atoms with Crippen LogP contribution >= 0.6 is 23.5 Å². The SMILES string of the molecule is CC(=O)N[C@@H]1[C@@H](O)C[C@](OCCCSCCC(=O)Nc2cccc(NC(=O)CCSCCCO[C@]3(C(=O)O)C[C@H](O)[C@@H](NC(C)=O)[C@H](C(O)[C@H](O)CNC(=O)c4ccc(-c5ccccc5)cc4)O3)c2)(C(=O)O)O[C@H]1C(O)[C@H](O)CNC(=O)c1ccc(-c2ccccc2)cc1.[Na+]. The first-order valence-corrected chi connectivity index (χ1v) is 32.7. The molecule has 0 bridgehead atoms. The molecule has 95 heavy (non-hydrogen) atoms. The molecule has 2 saturated heterocycles. The average Bonchev–Trinajstić information content (AvgIpc) is 0.777. The summed E-state index contributed by atoms with van der Waals surface area (Å²) in [6.45, 7) is 0.853. The Bertz CT molecular complexity index is 3140. The van der Waals surface area contributed by atoms with Crippen LogP contribution in [-0.2, 0) is 47.7 Å². The largest absolute Gasteiger partial charge is 1.00 e. The molecule has 0 aromatic heterocycles. The molecular weight excluding hydrogens is 1280 g/mol. The Balaban J connectivity index is 0.0000143. The van der Waals surface area contributed by atoms with E-state index in [-0.39, 0.29) is 91.4 Å². The number of carboxylic acids is 2. The minimum atomic E-state index is -2.51. The zero-order valence-corrected chi connectivity index (χ0v) is 56.3. The van der Waals surface area contributed by atoms with Crippen LogP contribution in [-0.4, -0.2) is 210 Å². The van der Waals surface area contributed by atoms with Crippen LogP contribution in [0.15, 0.2) is 133 Å². The quantitative estimate of drug-likeness (QED) is 0.0192. The first-order valence-electron chi connectivity index (χ1n) is 30.4. The van der Waals surface area contributed by atoms with Gasteiger partial charge in [0.2, 0.25) is 23.6 Å². The number of carbonyl (C=O) groups is 8. The fraction of sp³-hybridized carbons (Fsp3) is 0.424. The van der Waals surface area contributed by atoms with Gasteiger partial charge in [-0.25, -0.2) is 9.59 Å². The molecule has 2 heterocycles. The van der Waals surface area contributed by atoms with Gasteiger partial charge in [0, 0.05) is 86.6 Å². The van der Waals surface area contributed by atoms with Crippen LogP contribution < -0.4 is 61.5 Å². The number of amides is 6. The van der Waals surface area contributed by atoms with Gasteiger partial charge in [0.05, 0.1) is 49.7 Å². The first-order chi connectivity index (χ1) is 45.0. The first kappa shape index (κ1) is 77.2. The standard InChI is InChI=1S/C66H80N6O20S2.Na/c1-39(73)69-55-49(75)35-65(63(85)86,91-59(55)57(81)51(77)37-67-61(83)45-22-18-43(19-23-45)41-12-5-3-6-13-41)89-28-10-30-93-32-26-53(79)71-47-16-9-17-48(34-47)72-54(80)27-33-94-31-11-29-90-66(64(87)88)36-50(76)56(70-40(2)74)60(92-66)58(82)52(78)38-68-62(84)46-24-20-44(21-25-46)42-14-7-4-8-15-42;/h3-9,12-25,34,49-52,55-60,75-78,81-82H,10-11,26-33,35-38H2,1-2H3,(H,67,83)(H,68,84)(H,69,73)(H,70,74)(H,71,79)(H,72,80)(H,85,86)(H,87,88);/q;+1/t49-,50-,51+,52+,55+,56+,57?,58?,59+,60+,65+,66+;/m0./s1. The van der Waals surface area contributed by atoms with Crippen LogP contribution in [0.25, 0.3) is 22.3 Å². The van der Waals surface area contributed by atoms with E-state index in [0.29, 0.717) is 34.4 Å². The molecular formula is C66H80N6NaO20S2+. The maximum atomic E-state index is 13.0. The Labute approximate surface area is 579 Å². The van der Waals surface area contributed by atoms with Gasteiger partial charge >= 0.3 is 41.5 Å². The molecule has 14 N–H and O–H groups in total. The van der Waals surface area contributed by atoms with E-state index in [1.54, 1.807) is 72.8 Å². The summed E-state index contributed by atoms with van der Waals surface area (Å²) in [4.78, 5) is 102. The van der Waals surface area contributed by atoms with Crippen molar-refractivity contribution in [1.29, 1.82) is 0 Å². The summed E-state index contributed by atoms with van der Waals surface area (Å²) in [7, 11) is 0. The van der Waals surface area contributed by atoms with E-state index in [0.717, 1.165) is 36.1 Å². The number of ether oxygens (including phenoxy) is 4. The number of aliphatic carboxylic acids is 2. The maximum absolute atomic E-state index is 13.0. The number of nitrogens with one attached hydrogen (secondary N) is 6. The van der Waals surface area contributed by atoms with Gasteiger partial charge in [-0.15, -0.1) is 0 Å². The molecule has 0 spiro atoms. The summed E-state index contributed by atoms with van der Waals surface area (Å²) in [5, 5.41) is 103. The average molecular weight is 1360 g/mol. The van der Waals surface area contributed by atoms with Gasteiger partial charge in [-0.05, 0) is 89.1 Å². The monoisotopic (exact) mass is 1360 g/mol. The molecule has 2 unspecified atom stereocenters. The minimum Gasteiger partial charge on any atom is -0.477 e. The van der Waals surface area contributed by atoms with Crippen molar-refractivity contribution in [3.63, 3.8) is 0 Å². The summed E-state index contributed by atoms with van der Waals surface area (Å²) in [5.41, 5.74) is 4.98. The van der Waals surface area contributed by atoms with Crippen molar-refractivity contribution < 1.29 is 128 Å². The summed E-state index contributed by atoms with van der Waals surface area (Å²) in [6.07, 6.45) is -14.7. The number of hydrogen-bond donors (Lipinski definition) is 14. The number of aliphatic hydroxyl groups excluding tert-OH is 6. The van der Waals surface area contributed by atoms with Crippen molar-refractivity contribution in [2.24, 2.45) is 0 Å². The maximum Gasteiger partial charge on any atom is 1.00 e. The van der Waals surface area contributed by atoms with Gasteiger partial charge in [0.1, 0.15) is 24.4 Å². The van der Waals surface area contributed by atoms with E-state index in [1.165, 1.54) is 23.5 Å². The zero-order chi connectivity index (χ0) is 68.0. The Morgan fingerprint density at radius 2 is 0.874 bits per heavy atom. The molecule has 506 valence electrons. The number of benzene rings is 5. The van der Waals surface area contributed by atoms with Crippen LogP contribution in [0.3, 0.4) is 0 Å². The van der Waals surface area contributed by atoms with Crippen LogP contribution in [0, 0.1) is 0 Å². The van der Waals surface area contributed by atoms with Gasteiger partial charge in [-0.2, -0.15) is 23.5 Å². The van der Waals surface area contributed by atoms with E-state index in [1.807, 2.05) is 60.7 Å². The molecule has 12 atom stereocenters. The normalized spacial score (nSPS) is 22.0. The van der Waals surface area contributed by atoms with E-state index in [9.17, 15) is 79.2 Å². The topological polar surface area (TPSA) is 408 Å². The molecule has 2 aliphatic heterocycles. The van der Waals surface area contributed by atoms with Gasteiger partial charge in [-0.1, -0.05) is 91.0 Å².